The molecule has 1 aliphatic rings. The van der Waals surface area contributed by atoms with Crippen molar-refractivity contribution in [2.24, 2.45) is 0 Å². The van der Waals surface area contributed by atoms with Gasteiger partial charge < -0.3 is 19.4 Å². The normalized spacial score (nSPS) is 14.4. The number of carbonyl (C=O) groups is 1. The Bertz CT molecular complexity index is 1030. The van der Waals surface area contributed by atoms with Crippen LogP contribution in [0.1, 0.15) is 27.9 Å². The third kappa shape index (κ3) is 3.55. The topological polar surface area (TPSA) is 67.4 Å². The second-order valence-electron chi connectivity index (χ2n) is 6.51. The molecule has 0 radical (unpaired) electrons. The van der Waals surface area contributed by atoms with Gasteiger partial charge in [0.25, 0.3) is 0 Å². The van der Waals surface area contributed by atoms with Gasteiger partial charge in [0.15, 0.2) is 0 Å². The summed E-state index contributed by atoms with van der Waals surface area (Å²) in [5.74, 6) is -0.325. The van der Waals surface area contributed by atoms with E-state index < -0.39 is 0 Å². The van der Waals surface area contributed by atoms with Gasteiger partial charge in [0.05, 0.1) is 31.2 Å². The zero-order chi connectivity index (χ0) is 19.7. The molecule has 146 valence electrons. The molecule has 0 aliphatic carbocycles. The molecule has 3 heterocycles. The van der Waals surface area contributed by atoms with Crippen molar-refractivity contribution >= 4 is 45.4 Å². The Balaban J connectivity index is 1.70. The second kappa shape index (κ2) is 7.98. The van der Waals surface area contributed by atoms with Gasteiger partial charge in [0.2, 0.25) is 0 Å². The lowest BCUT2D eigenvalue weighted by Crippen LogP contribution is -2.40. The van der Waals surface area contributed by atoms with E-state index in [-0.39, 0.29) is 5.97 Å². The molecule has 0 spiro atoms. The maximum absolute atomic E-state index is 12.1. The van der Waals surface area contributed by atoms with E-state index in [4.69, 9.17) is 21.7 Å². The van der Waals surface area contributed by atoms with Crippen LogP contribution in [0.2, 0.25) is 0 Å². The summed E-state index contributed by atoms with van der Waals surface area (Å²) in [6.45, 7) is 6.98. The Morgan fingerprint density at radius 2 is 2.18 bits per heavy atom. The van der Waals surface area contributed by atoms with Gasteiger partial charge in [0.1, 0.15) is 14.9 Å². The van der Waals surface area contributed by atoms with Gasteiger partial charge in [-0.05, 0) is 26.0 Å². The maximum atomic E-state index is 12.1. The molecule has 28 heavy (non-hydrogen) atoms. The quantitative estimate of drug-likeness (QED) is 0.517. The van der Waals surface area contributed by atoms with Crippen molar-refractivity contribution in [3.8, 4) is 10.7 Å². The molecule has 1 N–H and O–H groups in total. The van der Waals surface area contributed by atoms with E-state index in [0.717, 1.165) is 45.2 Å². The number of thiazole rings is 1. The van der Waals surface area contributed by atoms with Crippen LogP contribution >= 0.6 is 23.6 Å². The van der Waals surface area contributed by atoms with Gasteiger partial charge in [-0.25, -0.2) is 9.78 Å². The number of hydrogen-bond acceptors (Lipinski definition) is 6. The Morgan fingerprint density at radius 3 is 2.93 bits per heavy atom. The minimum Gasteiger partial charge on any atom is -0.462 e. The van der Waals surface area contributed by atoms with E-state index in [2.05, 4.69) is 27.0 Å². The molecular weight excluding hydrogens is 394 g/mol. The zero-order valence-corrected chi connectivity index (χ0v) is 17.4. The van der Waals surface area contributed by atoms with Crippen molar-refractivity contribution in [2.45, 2.75) is 13.8 Å². The van der Waals surface area contributed by atoms with Crippen molar-refractivity contribution in [3.05, 3.63) is 40.4 Å². The van der Waals surface area contributed by atoms with E-state index in [9.17, 15) is 4.79 Å². The van der Waals surface area contributed by atoms with Crippen LogP contribution in [0, 0.1) is 6.92 Å². The molecule has 1 fully saturated rings. The third-order valence-corrected chi connectivity index (χ3v) is 6.33. The number of H-pyrrole nitrogens is 1. The number of aryl methyl sites for hydroxylation is 1. The highest BCUT2D eigenvalue weighted by molar-refractivity contribution is 7.80. The number of esters is 1. The van der Waals surface area contributed by atoms with E-state index >= 15 is 0 Å². The number of fused-ring (bicyclic) bond motifs is 1. The van der Waals surface area contributed by atoms with Crippen LogP contribution in [0.25, 0.3) is 21.6 Å². The van der Waals surface area contributed by atoms with Crippen molar-refractivity contribution in [2.75, 3.05) is 32.9 Å². The molecule has 6 nitrogen and oxygen atoms in total. The molecule has 0 amide bonds. The van der Waals surface area contributed by atoms with Crippen LogP contribution < -0.4 is 0 Å². The molecule has 0 atom stereocenters. The smallest absolute Gasteiger partial charge is 0.350 e. The van der Waals surface area contributed by atoms with Crippen molar-refractivity contribution in [1.29, 1.82) is 0 Å². The molecule has 0 unspecified atom stereocenters. The van der Waals surface area contributed by atoms with E-state index in [1.54, 1.807) is 6.92 Å². The summed E-state index contributed by atoms with van der Waals surface area (Å²) in [5, 5.41) is 1.82. The number of benzene rings is 1. The monoisotopic (exact) mass is 415 g/mol. The number of hydrogen-bond donors (Lipinski definition) is 1. The first-order chi connectivity index (χ1) is 13.6. The van der Waals surface area contributed by atoms with Crippen LogP contribution in [0.3, 0.4) is 0 Å². The molecule has 0 saturated carbocycles. The molecule has 8 heteroatoms. The fourth-order valence-corrected chi connectivity index (χ4v) is 4.58. The molecular formula is C20H21N3O3S2. The lowest BCUT2D eigenvalue weighted by Gasteiger charge is -2.29. The SMILES string of the molecule is CCOC(=O)c1sc(-c2cc3c(C(=S)N4CCOCC4)cccc3[nH]2)nc1C. The number of morpholine rings is 1. The number of thiocarbonyl (C=S) groups is 1. The molecule has 2 aromatic heterocycles. The minimum absolute atomic E-state index is 0.325. The summed E-state index contributed by atoms with van der Waals surface area (Å²) in [4.78, 5) is 23.7. The fraction of sp³-hybridized carbons (Fsp3) is 0.350. The predicted octanol–water partition coefficient (Wildman–Crippen LogP) is 3.78. The van der Waals surface area contributed by atoms with Crippen molar-refractivity contribution in [1.82, 2.24) is 14.9 Å². The maximum Gasteiger partial charge on any atom is 0.350 e. The highest BCUT2D eigenvalue weighted by Gasteiger charge is 2.21. The standard InChI is InChI=1S/C20H21N3O3S2/c1-3-26-20(24)17-12(2)21-18(28-17)16-11-14-13(5-4-6-15(14)22-16)19(27)23-7-9-25-10-8-23/h4-6,11,22H,3,7-10H2,1-2H3. The summed E-state index contributed by atoms with van der Waals surface area (Å²) in [6, 6.07) is 8.14. The van der Waals surface area contributed by atoms with Crippen molar-refractivity contribution < 1.29 is 14.3 Å². The highest BCUT2D eigenvalue weighted by atomic mass is 32.1. The highest BCUT2D eigenvalue weighted by Crippen LogP contribution is 2.32. The first-order valence-electron chi connectivity index (χ1n) is 9.22. The average molecular weight is 416 g/mol. The van der Waals surface area contributed by atoms with Crippen LogP contribution in [0.5, 0.6) is 0 Å². The van der Waals surface area contributed by atoms with Crippen molar-refractivity contribution in [3.63, 3.8) is 0 Å². The number of aromatic amines is 1. The molecule has 1 saturated heterocycles. The van der Waals surface area contributed by atoms with Crippen LogP contribution in [-0.4, -0.2) is 58.7 Å². The molecule has 0 bridgehead atoms. The summed E-state index contributed by atoms with van der Waals surface area (Å²) >= 11 is 7.11. The number of carbonyl (C=O) groups excluding carboxylic acids is 1. The zero-order valence-electron chi connectivity index (χ0n) is 15.8. The number of aromatic nitrogens is 2. The van der Waals surface area contributed by atoms with Gasteiger partial charge in [-0.2, -0.15) is 0 Å². The first-order valence-corrected chi connectivity index (χ1v) is 10.4. The van der Waals surface area contributed by atoms with Crippen LogP contribution in [-0.2, 0) is 9.47 Å². The largest absolute Gasteiger partial charge is 0.462 e. The van der Waals surface area contributed by atoms with Crippen LogP contribution in [0.4, 0.5) is 0 Å². The molecule has 1 aromatic carbocycles. The van der Waals surface area contributed by atoms with Gasteiger partial charge >= 0.3 is 5.97 Å². The van der Waals surface area contributed by atoms with Gasteiger partial charge in [-0.15, -0.1) is 11.3 Å². The fourth-order valence-electron chi connectivity index (χ4n) is 3.29. The van der Waals surface area contributed by atoms with E-state index in [0.29, 0.717) is 30.4 Å². The van der Waals surface area contributed by atoms with E-state index in [1.807, 2.05) is 19.1 Å². The van der Waals surface area contributed by atoms with E-state index in [1.165, 1.54) is 11.3 Å². The minimum atomic E-state index is -0.325. The Kier molecular flexibility index (Phi) is 5.43. The molecule has 1 aliphatic heterocycles. The first kappa shape index (κ1) is 19.0. The second-order valence-corrected chi connectivity index (χ2v) is 7.89. The summed E-state index contributed by atoms with van der Waals surface area (Å²) in [5.41, 5.74) is 3.57. The lowest BCUT2D eigenvalue weighted by atomic mass is 10.1. The predicted molar refractivity (Wildman–Crippen MR) is 114 cm³/mol. The Hall–Kier alpha value is -2.29. The number of rotatable bonds is 4. The Morgan fingerprint density at radius 1 is 1.39 bits per heavy atom. The average Bonchev–Trinajstić information content (AvgIpc) is 3.31. The van der Waals surface area contributed by atoms with Gasteiger partial charge in [-0.1, -0.05) is 24.4 Å². The van der Waals surface area contributed by atoms with Gasteiger partial charge in [-0.3, -0.25) is 0 Å². The van der Waals surface area contributed by atoms with Crippen LogP contribution in [0.15, 0.2) is 24.3 Å². The third-order valence-electron chi connectivity index (χ3n) is 4.68. The van der Waals surface area contributed by atoms with Gasteiger partial charge in [0, 0.05) is 29.6 Å². The number of nitrogens with one attached hydrogen (secondary N) is 1. The Labute approximate surface area is 172 Å². The number of ether oxygens (including phenoxy) is 2. The molecule has 3 aromatic rings. The molecule has 4 rings (SSSR count). The summed E-state index contributed by atoms with van der Waals surface area (Å²) in [6.07, 6.45) is 0. The summed E-state index contributed by atoms with van der Waals surface area (Å²) in [7, 11) is 0. The summed E-state index contributed by atoms with van der Waals surface area (Å²) < 4.78 is 10.6. The number of nitrogens with zero attached hydrogens (tertiary/aromatic N) is 2. The lowest BCUT2D eigenvalue weighted by molar-refractivity contribution is 0.0531.